The summed E-state index contributed by atoms with van der Waals surface area (Å²) in [7, 11) is -3.59. The Hall–Kier alpha value is -3.14. The van der Waals surface area contributed by atoms with Crippen LogP contribution in [0, 0.1) is 0 Å². The quantitative estimate of drug-likeness (QED) is 0.108. The summed E-state index contributed by atoms with van der Waals surface area (Å²) < 4.78 is 27.6. The van der Waals surface area contributed by atoms with Crippen LogP contribution in [0.1, 0.15) is 94.3 Å². The summed E-state index contributed by atoms with van der Waals surface area (Å²) >= 11 is 6.43. The van der Waals surface area contributed by atoms with Crippen LogP contribution < -0.4 is 10.6 Å². The fourth-order valence-electron chi connectivity index (χ4n) is 5.72. The van der Waals surface area contributed by atoms with Crippen LogP contribution in [-0.2, 0) is 14.8 Å². The molecule has 2 amide bonds. The Morgan fingerprint density at radius 1 is 0.864 bits per heavy atom. The van der Waals surface area contributed by atoms with Gasteiger partial charge < -0.3 is 15.7 Å². The molecule has 8 nitrogen and oxygen atoms in total. The summed E-state index contributed by atoms with van der Waals surface area (Å²) in [5, 5.41) is 18.0. The number of nitrogens with one attached hydrogen (secondary N) is 2. The number of nitrogens with zero attached hydrogens (tertiary/aromatic N) is 1. The van der Waals surface area contributed by atoms with Crippen LogP contribution in [0.25, 0.3) is 10.8 Å². The molecule has 238 valence electrons. The van der Waals surface area contributed by atoms with Gasteiger partial charge in [0.25, 0.3) is 5.91 Å². The first-order chi connectivity index (χ1) is 21.2. The summed E-state index contributed by atoms with van der Waals surface area (Å²) in [6, 6.07) is 14.8. The fourth-order valence-corrected chi connectivity index (χ4v) is 7.73. The number of carbonyl (C=O) groups is 2. The Labute approximate surface area is 266 Å². The minimum atomic E-state index is -3.59. The van der Waals surface area contributed by atoms with Gasteiger partial charge in [-0.3, -0.25) is 9.59 Å². The van der Waals surface area contributed by atoms with E-state index in [0.717, 1.165) is 30.0 Å². The van der Waals surface area contributed by atoms with Crippen LogP contribution in [0.2, 0.25) is 5.02 Å². The molecule has 4 rings (SSSR count). The molecule has 0 aromatic heterocycles. The number of phenols is 1. The Morgan fingerprint density at radius 2 is 1.52 bits per heavy atom. The molecule has 0 saturated carbocycles. The third-order valence-electron chi connectivity index (χ3n) is 8.22. The average molecular weight is 642 g/mol. The molecule has 10 heteroatoms. The molecule has 44 heavy (non-hydrogen) atoms. The Balaban J connectivity index is 1.29. The second-order valence-electron chi connectivity index (χ2n) is 11.6. The van der Waals surface area contributed by atoms with Gasteiger partial charge in [-0.05, 0) is 48.2 Å². The SMILES string of the molecule is CCCCCCCCCCCCS(=O)(=O)N1CCCC1C(=O)Nc1cc(O)c(NC(=O)c2ccc3ccccc3c2)cc1Cl. The highest BCUT2D eigenvalue weighted by atomic mass is 35.5. The third-order valence-corrected chi connectivity index (χ3v) is 10.5. The van der Waals surface area contributed by atoms with Crippen molar-refractivity contribution >= 4 is 55.6 Å². The molecule has 0 aliphatic carbocycles. The number of hydrogen-bond acceptors (Lipinski definition) is 5. The topological polar surface area (TPSA) is 116 Å². The number of phenolic OH excluding ortho intramolecular Hbond substituents is 1. The van der Waals surface area contributed by atoms with Gasteiger partial charge in [-0.25, -0.2) is 8.42 Å². The van der Waals surface area contributed by atoms with E-state index in [2.05, 4.69) is 17.6 Å². The predicted molar refractivity (Wildman–Crippen MR) is 179 cm³/mol. The summed E-state index contributed by atoms with van der Waals surface area (Å²) in [4.78, 5) is 26.1. The Bertz CT molecular complexity index is 1550. The van der Waals surface area contributed by atoms with Crippen molar-refractivity contribution in [2.24, 2.45) is 0 Å². The van der Waals surface area contributed by atoms with Gasteiger partial charge in [0.15, 0.2) is 0 Å². The number of amides is 2. The number of anilines is 2. The lowest BCUT2D eigenvalue weighted by atomic mass is 10.1. The smallest absolute Gasteiger partial charge is 0.255 e. The molecular weight excluding hydrogens is 598 g/mol. The Morgan fingerprint density at radius 3 is 2.23 bits per heavy atom. The number of fused-ring (bicyclic) bond motifs is 1. The molecule has 1 fully saturated rings. The van der Waals surface area contributed by atoms with Crippen LogP contribution >= 0.6 is 11.6 Å². The second-order valence-corrected chi connectivity index (χ2v) is 14.1. The third kappa shape index (κ3) is 9.19. The zero-order chi connectivity index (χ0) is 31.5. The van der Waals surface area contributed by atoms with E-state index in [0.29, 0.717) is 31.4 Å². The maximum Gasteiger partial charge on any atom is 0.255 e. The lowest BCUT2D eigenvalue weighted by Gasteiger charge is -2.23. The molecule has 0 bridgehead atoms. The monoisotopic (exact) mass is 641 g/mol. The van der Waals surface area contributed by atoms with Crippen molar-refractivity contribution in [2.75, 3.05) is 22.9 Å². The van der Waals surface area contributed by atoms with Gasteiger partial charge in [-0.1, -0.05) is 107 Å². The van der Waals surface area contributed by atoms with Crippen molar-refractivity contribution in [1.82, 2.24) is 4.31 Å². The van der Waals surface area contributed by atoms with Gasteiger partial charge in [0.05, 0.1) is 22.2 Å². The van der Waals surface area contributed by atoms with Crippen LogP contribution in [-0.4, -0.2) is 48.0 Å². The van der Waals surface area contributed by atoms with Crippen LogP contribution in [0.15, 0.2) is 54.6 Å². The maximum atomic E-state index is 13.2. The van der Waals surface area contributed by atoms with Crippen molar-refractivity contribution in [2.45, 2.75) is 90.0 Å². The molecule has 1 aliphatic heterocycles. The summed E-state index contributed by atoms with van der Waals surface area (Å²) in [6.45, 7) is 2.51. The van der Waals surface area contributed by atoms with E-state index in [9.17, 15) is 23.1 Å². The molecule has 1 saturated heterocycles. The average Bonchev–Trinajstić information content (AvgIpc) is 3.52. The number of rotatable bonds is 16. The van der Waals surface area contributed by atoms with Gasteiger partial charge in [0, 0.05) is 18.2 Å². The molecule has 3 aromatic carbocycles. The number of unbranched alkanes of at least 4 members (excludes halogenated alkanes) is 9. The molecule has 1 unspecified atom stereocenters. The summed E-state index contributed by atoms with van der Waals surface area (Å²) in [5.41, 5.74) is 0.640. The van der Waals surface area contributed by atoms with Crippen molar-refractivity contribution in [3.05, 3.63) is 65.2 Å². The largest absolute Gasteiger partial charge is 0.506 e. The summed E-state index contributed by atoms with van der Waals surface area (Å²) in [6.07, 6.45) is 12.1. The van der Waals surface area contributed by atoms with Crippen molar-refractivity contribution in [3.63, 3.8) is 0 Å². The second kappa shape index (κ2) is 16.3. The highest BCUT2D eigenvalue weighted by Crippen LogP contribution is 2.35. The number of halogens is 1. The highest BCUT2D eigenvalue weighted by molar-refractivity contribution is 7.89. The lowest BCUT2D eigenvalue weighted by Crippen LogP contribution is -2.44. The van der Waals surface area contributed by atoms with E-state index in [1.165, 1.54) is 55.0 Å². The first-order valence-electron chi connectivity index (χ1n) is 15.8. The standard InChI is InChI=1S/C34H44ClN3O5S/c1-2-3-4-5-6-7-8-9-10-13-21-44(42,43)38-20-14-17-31(38)34(41)36-29-24-32(39)30(23-28(29)35)37-33(40)27-19-18-25-15-11-12-16-26(25)22-27/h11-12,15-16,18-19,22-24,31,39H,2-10,13-14,17,20-21H2,1H3,(H,36,41)(H,37,40). The van der Waals surface area contributed by atoms with E-state index >= 15 is 0 Å². The van der Waals surface area contributed by atoms with Gasteiger partial charge in [-0.2, -0.15) is 4.31 Å². The zero-order valence-electron chi connectivity index (χ0n) is 25.5. The molecule has 0 radical (unpaired) electrons. The van der Waals surface area contributed by atoms with Crippen LogP contribution in [0.5, 0.6) is 5.75 Å². The van der Waals surface area contributed by atoms with E-state index < -0.39 is 27.9 Å². The first-order valence-corrected chi connectivity index (χ1v) is 17.8. The fraction of sp³-hybridized carbons (Fsp3) is 0.471. The van der Waals surface area contributed by atoms with Crippen molar-refractivity contribution in [1.29, 1.82) is 0 Å². The van der Waals surface area contributed by atoms with E-state index in [1.54, 1.807) is 12.1 Å². The van der Waals surface area contributed by atoms with Crippen molar-refractivity contribution < 1.29 is 23.1 Å². The number of sulfonamides is 1. The van der Waals surface area contributed by atoms with Gasteiger partial charge >= 0.3 is 0 Å². The van der Waals surface area contributed by atoms with E-state index in [4.69, 9.17) is 11.6 Å². The predicted octanol–water partition coefficient (Wildman–Crippen LogP) is 8.10. The van der Waals surface area contributed by atoms with E-state index in [-0.39, 0.29) is 27.9 Å². The Kier molecular flexibility index (Phi) is 12.5. The number of aromatic hydroxyl groups is 1. The minimum absolute atomic E-state index is 0.0282. The van der Waals surface area contributed by atoms with Gasteiger partial charge in [0.2, 0.25) is 15.9 Å². The number of carbonyl (C=O) groups excluding carboxylic acids is 2. The normalized spacial score (nSPS) is 15.5. The molecule has 1 aliphatic rings. The summed E-state index contributed by atoms with van der Waals surface area (Å²) in [5.74, 6) is -1.17. The van der Waals surface area contributed by atoms with Crippen molar-refractivity contribution in [3.8, 4) is 5.75 Å². The minimum Gasteiger partial charge on any atom is -0.506 e. The lowest BCUT2D eigenvalue weighted by molar-refractivity contribution is -0.119. The molecule has 3 aromatic rings. The molecule has 0 spiro atoms. The van der Waals surface area contributed by atoms with Crippen LogP contribution in [0.3, 0.4) is 0 Å². The van der Waals surface area contributed by atoms with Gasteiger partial charge in [-0.15, -0.1) is 0 Å². The molecule has 1 atom stereocenters. The number of hydrogen-bond donors (Lipinski definition) is 3. The maximum absolute atomic E-state index is 13.2. The first kappa shape index (κ1) is 33.7. The highest BCUT2D eigenvalue weighted by Gasteiger charge is 2.38. The molecule has 3 N–H and O–H groups in total. The van der Waals surface area contributed by atoms with E-state index in [1.807, 2.05) is 30.3 Å². The number of benzene rings is 3. The molecule has 1 heterocycles. The van der Waals surface area contributed by atoms with Gasteiger partial charge in [0.1, 0.15) is 11.8 Å². The molecular formula is C34H44ClN3O5S. The zero-order valence-corrected chi connectivity index (χ0v) is 27.1. The van der Waals surface area contributed by atoms with Crippen LogP contribution in [0.4, 0.5) is 11.4 Å².